The van der Waals surface area contributed by atoms with E-state index in [-0.39, 0.29) is 11.7 Å². The Kier molecular flexibility index (Phi) is 3.57. The van der Waals surface area contributed by atoms with Gasteiger partial charge < -0.3 is 0 Å². The van der Waals surface area contributed by atoms with E-state index in [0.717, 1.165) is 18.3 Å². The second kappa shape index (κ2) is 4.70. The third-order valence-corrected chi connectivity index (χ3v) is 2.40. The third-order valence-electron chi connectivity index (χ3n) is 2.40. The lowest BCUT2D eigenvalue weighted by Crippen LogP contribution is -2.09. The van der Waals surface area contributed by atoms with Crippen molar-refractivity contribution in [1.82, 2.24) is 0 Å². The molecule has 2 nitrogen and oxygen atoms in total. The summed E-state index contributed by atoms with van der Waals surface area (Å²) in [5.74, 6) is -0.0294. The predicted molar refractivity (Wildman–Crippen MR) is 55.5 cm³/mol. The molecule has 0 fully saturated rings. The molecular formula is C12H14O2. The molecule has 74 valence electrons. The van der Waals surface area contributed by atoms with Crippen LogP contribution in [0.15, 0.2) is 24.3 Å². The lowest BCUT2D eigenvalue weighted by Gasteiger charge is -2.13. The molecule has 0 saturated heterocycles. The largest absolute Gasteiger partial charge is 0.299 e. The number of carbonyl (C=O) groups is 2. The van der Waals surface area contributed by atoms with Crippen molar-refractivity contribution in [2.75, 3.05) is 0 Å². The number of hydrogen-bond acceptors (Lipinski definition) is 2. The van der Waals surface area contributed by atoms with Gasteiger partial charge in [0.2, 0.25) is 0 Å². The highest BCUT2D eigenvalue weighted by atomic mass is 16.1. The number of benzene rings is 1. The van der Waals surface area contributed by atoms with Crippen LogP contribution in [0.4, 0.5) is 0 Å². The molecule has 1 rings (SSSR count). The molecule has 0 aliphatic carbocycles. The number of Topliss-reactive ketones (excluding diaryl/α,β-unsaturated/α-hetero) is 1. The highest BCUT2D eigenvalue weighted by molar-refractivity contribution is 5.87. The highest BCUT2D eigenvalue weighted by Gasteiger charge is 2.16. The molecule has 1 aromatic carbocycles. The minimum atomic E-state index is -0.142. The van der Waals surface area contributed by atoms with Crippen LogP contribution in [0.25, 0.3) is 0 Å². The minimum Gasteiger partial charge on any atom is -0.299 e. The van der Waals surface area contributed by atoms with Crippen LogP contribution >= 0.6 is 0 Å². The first-order valence-electron chi connectivity index (χ1n) is 4.75. The molecule has 1 atom stereocenters. The fourth-order valence-electron chi connectivity index (χ4n) is 1.66. The molecule has 0 bridgehead atoms. The average Bonchev–Trinajstić information content (AvgIpc) is 2.19. The zero-order chi connectivity index (χ0) is 10.6. The van der Waals surface area contributed by atoms with Crippen LogP contribution in [0.3, 0.4) is 0 Å². The first kappa shape index (κ1) is 10.6. The van der Waals surface area contributed by atoms with Crippen molar-refractivity contribution in [3.63, 3.8) is 0 Å². The highest BCUT2D eigenvalue weighted by Crippen LogP contribution is 2.22. The molecule has 1 aromatic rings. The molecule has 0 aromatic heterocycles. The van der Waals surface area contributed by atoms with E-state index >= 15 is 0 Å². The van der Waals surface area contributed by atoms with E-state index in [1.165, 1.54) is 0 Å². The van der Waals surface area contributed by atoms with Gasteiger partial charge in [0, 0.05) is 11.5 Å². The molecule has 0 heterocycles. The topological polar surface area (TPSA) is 34.1 Å². The van der Waals surface area contributed by atoms with Gasteiger partial charge in [-0.1, -0.05) is 31.2 Å². The van der Waals surface area contributed by atoms with E-state index in [9.17, 15) is 9.59 Å². The molecule has 0 amide bonds. The van der Waals surface area contributed by atoms with Crippen LogP contribution in [-0.2, 0) is 4.79 Å². The van der Waals surface area contributed by atoms with Crippen LogP contribution in [0.1, 0.15) is 42.1 Å². The SMILES string of the molecule is CCC(C(C)=O)c1ccccc1C=O. The molecular weight excluding hydrogens is 176 g/mol. The number of rotatable bonds is 4. The maximum atomic E-state index is 11.3. The zero-order valence-corrected chi connectivity index (χ0v) is 8.49. The summed E-state index contributed by atoms with van der Waals surface area (Å²) in [4.78, 5) is 22.1. The van der Waals surface area contributed by atoms with E-state index in [4.69, 9.17) is 0 Å². The van der Waals surface area contributed by atoms with Gasteiger partial charge in [-0.25, -0.2) is 0 Å². The van der Waals surface area contributed by atoms with Crippen molar-refractivity contribution in [1.29, 1.82) is 0 Å². The van der Waals surface area contributed by atoms with Gasteiger partial charge in [-0.05, 0) is 18.9 Å². The van der Waals surface area contributed by atoms with Crippen molar-refractivity contribution in [3.8, 4) is 0 Å². The van der Waals surface area contributed by atoms with Crippen LogP contribution in [0.2, 0.25) is 0 Å². The Morgan fingerprint density at radius 3 is 2.57 bits per heavy atom. The van der Waals surface area contributed by atoms with Crippen molar-refractivity contribution >= 4 is 12.1 Å². The van der Waals surface area contributed by atoms with Gasteiger partial charge in [-0.15, -0.1) is 0 Å². The van der Waals surface area contributed by atoms with E-state index in [1.54, 1.807) is 19.1 Å². The lowest BCUT2D eigenvalue weighted by atomic mass is 9.90. The van der Waals surface area contributed by atoms with Crippen LogP contribution in [0, 0.1) is 0 Å². The van der Waals surface area contributed by atoms with Crippen LogP contribution < -0.4 is 0 Å². The van der Waals surface area contributed by atoms with Gasteiger partial charge in [0.1, 0.15) is 12.1 Å². The molecule has 14 heavy (non-hydrogen) atoms. The van der Waals surface area contributed by atoms with Gasteiger partial charge in [0.05, 0.1) is 0 Å². The monoisotopic (exact) mass is 190 g/mol. The first-order chi connectivity index (χ1) is 6.70. The normalized spacial score (nSPS) is 12.1. The third kappa shape index (κ3) is 2.08. The Hall–Kier alpha value is -1.44. The zero-order valence-electron chi connectivity index (χ0n) is 8.49. The van der Waals surface area contributed by atoms with Crippen molar-refractivity contribution in [3.05, 3.63) is 35.4 Å². The van der Waals surface area contributed by atoms with Crippen molar-refractivity contribution in [2.45, 2.75) is 26.2 Å². The van der Waals surface area contributed by atoms with E-state index in [1.807, 2.05) is 19.1 Å². The second-order valence-electron chi connectivity index (χ2n) is 3.32. The molecule has 0 aliphatic heterocycles. The summed E-state index contributed by atoms with van der Waals surface area (Å²) in [6, 6.07) is 7.25. The Morgan fingerprint density at radius 2 is 2.07 bits per heavy atom. The molecule has 0 radical (unpaired) electrons. The summed E-state index contributed by atoms with van der Waals surface area (Å²) < 4.78 is 0. The van der Waals surface area contributed by atoms with E-state index in [0.29, 0.717) is 5.56 Å². The molecule has 1 unspecified atom stereocenters. The summed E-state index contributed by atoms with van der Waals surface area (Å²) in [6.45, 7) is 3.52. The maximum Gasteiger partial charge on any atom is 0.150 e. The molecule has 0 spiro atoms. The summed E-state index contributed by atoms with van der Waals surface area (Å²) >= 11 is 0. The van der Waals surface area contributed by atoms with Gasteiger partial charge in [-0.3, -0.25) is 9.59 Å². The Balaban J connectivity index is 3.15. The van der Waals surface area contributed by atoms with Gasteiger partial charge in [0.15, 0.2) is 0 Å². The number of aldehydes is 1. The molecule has 0 N–H and O–H groups in total. The lowest BCUT2D eigenvalue weighted by molar-refractivity contribution is -0.118. The Bertz CT molecular complexity index is 342. The van der Waals surface area contributed by atoms with Gasteiger partial charge in [-0.2, -0.15) is 0 Å². The number of ketones is 1. The van der Waals surface area contributed by atoms with Crippen molar-refractivity contribution < 1.29 is 9.59 Å². The van der Waals surface area contributed by atoms with Crippen LogP contribution in [-0.4, -0.2) is 12.1 Å². The van der Waals surface area contributed by atoms with Crippen molar-refractivity contribution in [2.24, 2.45) is 0 Å². The predicted octanol–water partition coefficient (Wildman–Crippen LogP) is 2.58. The Labute approximate surface area is 83.9 Å². The fraction of sp³-hybridized carbons (Fsp3) is 0.333. The van der Waals surface area contributed by atoms with E-state index < -0.39 is 0 Å². The van der Waals surface area contributed by atoms with Gasteiger partial charge >= 0.3 is 0 Å². The Morgan fingerprint density at radius 1 is 1.43 bits per heavy atom. The summed E-state index contributed by atoms with van der Waals surface area (Å²) in [7, 11) is 0. The quantitative estimate of drug-likeness (QED) is 0.684. The average molecular weight is 190 g/mol. The second-order valence-corrected chi connectivity index (χ2v) is 3.32. The summed E-state index contributed by atoms with van der Waals surface area (Å²) in [5.41, 5.74) is 1.46. The molecule has 0 saturated carbocycles. The number of hydrogen-bond donors (Lipinski definition) is 0. The maximum absolute atomic E-state index is 11.3. The fourth-order valence-corrected chi connectivity index (χ4v) is 1.66. The molecule has 0 aliphatic rings. The van der Waals surface area contributed by atoms with Gasteiger partial charge in [0.25, 0.3) is 0 Å². The first-order valence-corrected chi connectivity index (χ1v) is 4.75. The van der Waals surface area contributed by atoms with Crippen LogP contribution in [0.5, 0.6) is 0 Å². The summed E-state index contributed by atoms with van der Waals surface area (Å²) in [6.07, 6.45) is 1.54. The number of carbonyl (C=O) groups excluding carboxylic acids is 2. The smallest absolute Gasteiger partial charge is 0.150 e. The summed E-state index contributed by atoms with van der Waals surface area (Å²) in [5, 5.41) is 0. The standard InChI is InChI=1S/C12H14O2/c1-3-11(9(2)14)12-7-5-4-6-10(12)8-13/h4-8,11H,3H2,1-2H3. The minimum absolute atomic E-state index is 0.113. The molecule has 2 heteroatoms. The van der Waals surface area contributed by atoms with E-state index in [2.05, 4.69) is 0 Å².